The van der Waals surface area contributed by atoms with Gasteiger partial charge in [-0.05, 0) is 57.5 Å². The van der Waals surface area contributed by atoms with Gasteiger partial charge in [0.25, 0.3) is 0 Å². The third kappa shape index (κ3) is 3.02. The van der Waals surface area contributed by atoms with Gasteiger partial charge in [-0.15, -0.1) is 0 Å². The SMILES string of the molecule is Cn1ccc2cc(N3C[C@]4(CC[C@](c5ccccc5)(N(C)C)CC4)NC3O)cnc21. The standard InChI is InChI=1S/C24H31N5O/c1-27(2)24(19-7-5-4-6-8-19)12-10-23(11-13-24)17-29(22(30)26-23)20-15-18-9-14-28(3)21(18)25-16-20/h4-9,14-16,22,26,30H,10-13,17H2,1-3H3/t22?,23-,24+. The van der Waals surface area contributed by atoms with Gasteiger partial charge >= 0.3 is 0 Å². The van der Waals surface area contributed by atoms with E-state index in [2.05, 4.69) is 76.7 Å². The second kappa shape index (κ2) is 7.08. The van der Waals surface area contributed by atoms with Gasteiger partial charge in [-0.1, -0.05) is 30.3 Å². The molecular formula is C24H31N5O. The van der Waals surface area contributed by atoms with E-state index in [1.54, 1.807) is 0 Å². The minimum atomic E-state index is -0.684. The molecule has 2 aliphatic rings. The lowest BCUT2D eigenvalue weighted by Crippen LogP contribution is -2.54. The molecule has 1 saturated heterocycles. The van der Waals surface area contributed by atoms with Crippen LogP contribution in [0.1, 0.15) is 31.2 Å². The van der Waals surface area contributed by atoms with Crippen LogP contribution in [0, 0.1) is 0 Å². The molecule has 1 spiro atoms. The van der Waals surface area contributed by atoms with Crippen LogP contribution < -0.4 is 10.2 Å². The second-order valence-corrected chi connectivity index (χ2v) is 9.25. The minimum absolute atomic E-state index is 0.0526. The molecule has 6 nitrogen and oxygen atoms in total. The van der Waals surface area contributed by atoms with Crippen molar-refractivity contribution < 1.29 is 5.11 Å². The lowest BCUT2D eigenvalue weighted by Gasteiger charge is -2.49. The van der Waals surface area contributed by atoms with Crippen LogP contribution in [0.2, 0.25) is 0 Å². The highest BCUT2D eigenvalue weighted by molar-refractivity contribution is 5.80. The van der Waals surface area contributed by atoms with Crippen LogP contribution in [0.4, 0.5) is 5.69 Å². The number of aryl methyl sites for hydroxylation is 1. The molecule has 1 saturated carbocycles. The average molecular weight is 406 g/mol. The highest BCUT2D eigenvalue weighted by atomic mass is 16.3. The van der Waals surface area contributed by atoms with Gasteiger partial charge in [0.05, 0.1) is 11.9 Å². The van der Waals surface area contributed by atoms with E-state index in [9.17, 15) is 5.11 Å². The zero-order valence-corrected chi connectivity index (χ0v) is 18.0. The first-order chi connectivity index (χ1) is 14.4. The maximum absolute atomic E-state index is 10.9. The van der Waals surface area contributed by atoms with Crippen LogP contribution in [-0.4, -0.2) is 52.1 Å². The summed E-state index contributed by atoms with van der Waals surface area (Å²) in [6, 6.07) is 15.1. The van der Waals surface area contributed by atoms with Crippen molar-refractivity contribution in [3.05, 3.63) is 60.4 Å². The van der Waals surface area contributed by atoms with Crippen molar-refractivity contribution in [3.63, 3.8) is 0 Å². The molecule has 0 bridgehead atoms. The molecule has 0 amide bonds. The number of aromatic nitrogens is 2. The molecule has 30 heavy (non-hydrogen) atoms. The Kier molecular flexibility index (Phi) is 4.61. The quantitative estimate of drug-likeness (QED) is 0.702. The molecule has 2 N–H and O–H groups in total. The number of benzene rings is 1. The van der Waals surface area contributed by atoms with Gasteiger partial charge in [-0.3, -0.25) is 10.2 Å². The normalized spacial score (nSPS) is 29.4. The predicted molar refractivity (Wildman–Crippen MR) is 120 cm³/mol. The van der Waals surface area contributed by atoms with Gasteiger partial charge in [0.15, 0.2) is 6.35 Å². The smallest absolute Gasteiger partial charge is 0.184 e. The molecule has 1 aliphatic heterocycles. The molecule has 6 heteroatoms. The summed E-state index contributed by atoms with van der Waals surface area (Å²) < 4.78 is 2.02. The number of aliphatic hydroxyl groups is 1. The van der Waals surface area contributed by atoms with Crippen molar-refractivity contribution in [1.82, 2.24) is 19.8 Å². The lowest BCUT2D eigenvalue weighted by atomic mass is 9.69. The summed E-state index contributed by atoms with van der Waals surface area (Å²) in [5.74, 6) is 0. The van der Waals surface area contributed by atoms with Crippen molar-refractivity contribution >= 4 is 16.7 Å². The monoisotopic (exact) mass is 405 g/mol. The van der Waals surface area contributed by atoms with Crippen molar-refractivity contribution in [2.45, 2.75) is 43.1 Å². The van der Waals surface area contributed by atoms with E-state index in [4.69, 9.17) is 0 Å². The molecule has 5 rings (SSSR count). The Hall–Kier alpha value is -2.41. The van der Waals surface area contributed by atoms with E-state index in [1.807, 2.05) is 24.0 Å². The number of anilines is 1. The van der Waals surface area contributed by atoms with Gasteiger partial charge < -0.3 is 14.6 Å². The number of aliphatic hydroxyl groups excluding tert-OH is 1. The Morgan fingerprint density at radius 3 is 2.53 bits per heavy atom. The van der Waals surface area contributed by atoms with Crippen LogP contribution in [0.25, 0.3) is 11.0 Å². The second-order valence-electron chi connectivity index (χ2n) is 9.25. The average Bonchev–Trinajstić information content (AvgIpc) is 3.29. The molecule has 1 aliphatic carbocycles. The lowest BCUT2D eigenvalue weighted by molar-refractivity contribution is 0.0513. The first-order valence-corrected chi connectivity index (χ1v) is 10.8. The summed E-state index contributed by atoms with van der Waals surface area (Å²) in [5.41, 5.74) is 3.31. The van der Waals surface area contributed by atoms with Crippen molar-refractivity contribution in [1.29, 1.82) is 0 Å². The topological polar surface area (TPSA) is 56.6 Å². The first-order valence-electron chi connectivity index (χ1n) is 10.8. The number of fused-ring (bicyclic) bond motifs is 1. The summed E-state index contributed by atoms with van der Waals surface area (Å²) in [4.78, 5) is 9.06. The van der Waals surface area contributed by atoms with Crippen molar-refractivity contribution in [2.24, 2.45) is 7.05 Å². The highest BCUT2D eigenvalue weighted by Gasteiger charge is 2.50. The number of hydrogen-bond donors (Lipinski definition) is 2. The van der Waals surface area contributed by atoms with Gasteiger partial charge in [0.2, 0.25) is 0 Å². The molecule has 0 radical (unpaired) electrons. The van der Waals surface area contributed by atoms with Gasteiger partial charge in [0.1, 0.15) is 5.65 Å². The fourth-order valence-corrected chi connectivity index (χ4v) is 5.53. The summed E-state index contributed by atoms with van der Waals surface area (Å²) in [6.45, 7) is 0.798. The maximum Gasteiger partial charge on any atom is 0.184 e. The number of rotatable bonds is 3. The zero-order chi connectivity index (χ0) is 20.9. The van der Waals surface area contributed by atoms with E-state index in [0.29, 0.717) is 0 Å². The molecule has 3 heterocycles. The fourth-order valence-electron chi connectivity index (χ4n) is 5.53. The molecule has 158 valence electrons. The molecule has 1 unspecified atom stereocenters. The molecule has 1 aromatic carbocycles. The van der Waals surface area contributed by atoms with Crippen LogP contribution in [-0.2, 0) is 12.6 Å². The molecule has 1 atom stereocenters. The van der Waals surface area contributed by atoms with Gasteiger partial charge in [0, 0.05) is 36.3 Å². The maximum atomic E-state index is 10.9. The van der Waals surface area contributed by atoms with E-state index in [0.717, 1.165) is 48.9 Å². The Morgan fingerprint density at radius 1 is 1.10 bits per heavy atom. The van der Waals surface area contributed by atoms with E-state index >= 15 is 0 Å². The third-order valence-electron chi connectivity index (χ3n) is 7.43. The number of nitrogens with one attached hydrogen (secondary N) is 1. The molecular weight excluding hydrogens is 374 g/mol. The van der Waals surface area contributed by atoms with Crippen LogP contribution >= 0.6 is 0 Å². The Morgan fingerprint density at radius 2 is 1.83 bits per heavy atom. The van der Waals surface area contributed by atoms with Crippen LogP contribution in [0.3, 0.4) is 0 Å². The Bertz CT molecular complexity index is 1040. The number of hydrogen-bond acceptors (Lipinski definition) is 5. The Labute approximate surface area is 178 Å². The largest absolute Gasteiger partial charge is 0.361 e. The predicted octanol–water partition coefficient (Wildman–Crippen LogP) is 3.03. The highest BCUT2D eigenvalue weighted by Crippen LogP contribution is 2.46. The van der Waals surface area contributed by atoms with E-state index < -0.39 is 6.35 Å². The summed E-state index contributed by atoms with van der Waals surface area (Å²) in [6.07, 6.45) is 7.39. The minimum Gasteiger partial charge on any atom is -0.361 e. The number of nitrogens with zero attached hydrogens (tertiary/aromatic N) is 4. The van der Waals surface area contributed by atoms with Crippen molar-refractivity contribution in [3.8, 4) is 0 Å². The molecule has 2 aromatic heterocycles. The van der Waals surface area contributed by atoms with Gasteiger partial charge in [-0.25, -0.2) is 4.98 Å². The van der Waals surface area contributed by atoms with E-state index in [1.165, 1.54) is 5.56 Å². The van der Waals surface area contributed by atoms with E-state index in [-0.39, 0.29) is 11.1 Å². The number of pyridine rings is 1. The summed E-state index contributed by atoms with van der Waals surface area (Å²) in [7, 11) is 6.38. The summed E-state index contributed by atoms with van der Waals surface area (Å²) in [5, 5.41) is 15.5. The molecule has 2 fully saturated rings. The van der Waals surface area contributed by atoms with Crippen molar-refractivity contribution in [2.75, 3.05) is 25.5 Å². The zero-order valence-electron chi connectivity index (χ0n) is 18.0. The first kappa shape index (κ1) is 19.5. The van der Waals surface area contributed by atoms with Gasteiger partial charge in [-0.2, -0.15) is 0 Å². The van der Waals surface area contributed by atoms with Crippen LogP contribution in [0.5, 0.6) is 0 Å². The van der Waals surface area contributed by atoms with Crippen LogP contribution in [0.15, 0.2) is 54.9 Å². The summed E-state index contributed by atoms with van der Waals surface area (Å²) >= 11 is 0. The molecule has 3 aromatic rings. The fraction of sp³-hybridized carbons (Fsp3) is 0.458. The Balaban J connectivity index is 1.38. The third-order valence-corrected chi connectivity index (χ3v) is 7.43.